The second kappa shape index (κ2) is 5.83. The summed E-state index contributed by atoms with van der Waals surface area (Å²) in [5.41, 5.74) is 0. The van der Waals surface area contributed by atoms with Crippen molar-refractivity contribution in [2.75, 3.05) is 0 Å². The molecule has 0 aromatic carbocycles. The van der Waals surface area contributed by atoms with Gasteiger partial charge in [0.2, 0.25) is 0 Å². The molecule has 0 N–H and O–H groups in total. The minimum atomic E-state index is 1.11. The molecule has 0 saturated heterocycles. The lowest BCUT2D eigenvalue weighted by Crippen LogP contribution is -1.59. The molecule has 1 heteroatoms. The van der Waals surface area contributed by atoms with E-state index in [1.165, 1.54) is 6.42 Å². The van der Waals surface area contributed by atoms with Gasteiger partial charge in [0.25, 0.3) is 0 Å². The smallest absolute Gasteiger partial charge is 0.0554 e. The lowest BCUT2D eigenvalue weighted by molar-refractivity contribution is 0.960. The molecule has 0 aromatic rings. The second-order valence-corrected chi connectivity index (χ2v) is 1.54. The average Bonchev–Trinajstić information content (AvgIpc) is 1.69. The first-order chi connectivity index (χ1) is 3.41. The first-order valence-corrected chi connectivity index (χ1v) is 2.85. The van der Waals surface area contributed by atoms with Crippen LogP contribution >= 0.6 is 12.2 Å². The third-order valence-electron chi connectivity index (χ3n) is 0.641. The van der Waals surface area contributed by atoms with Gasteiger partial charge in [-0.1, -0.05) is 31.6 Å². The van der Waals surface area contributed by atoms with Crippen LogP contribution < -0.4 is 0 Å². The summed E-state index contributed by atoms with van der Waals surface area (Å²) in [4.78, 5) is 0. The van der Waals surface area contributed by atoms with Gasteiger partial charge in [-0.15, -0.1) is 0 Å². The largest absolute Gasteiger partial charge is 0.0831 e. The Bertz CT molecular complexity index is 64.6. The zero-order chi connectivity index (χ0) is 5.54. The Hall–Kier alpha value is -0.170. The molecule has 7 heavy (non-hydrogen) atoms. The minimum Gasteiger partial charge on any atom is -0.0831 e. The zero-order valence-electron chi connectivity index (χ0n) is 4.48. The Morgan fingerprint density at radius 1 is 1.71 bits per heavy atom. The monoisotopic (exact) mass is 113 g/mol. The molecule has 0 nitrogen and oxygen atoms in total. The van der Waals surface area contributed by atoms with Crippen molar-refractivity contribution in [3.63, 3.8) is 0 Å². The van der Waals surface area contributed by atoms with Crippen molar-refractivity contribution < 1.29 is 0 Å². The molecule has 0 bridgehead atoms. The molecule has 1 radical (unpaired) electrons. The molecule has 0 amide bonds. The highest BCUT2D eigenvalue weighted by Crippen LogP contribution is 1.85. The van der Waals surface area contributed by atoms with Crippen molar-refractivity contribution in [3.05, 3.63) is 12.2 Å². The van der Waals surface area contributed by atoms with Crippen LogP contribution in [-0.2, 0) is 0 Å². The number of thiocarbonyl (C=S) groups is 1. The van der Waals surface area contributed by atoms with Gasteiger partial charge in [-0.05, 0) is 12.5 Å². The summed E-state index contributed by atoms with van der Waals surface area (Å²) in [7, 11) is 0. The van der Waals surface area contributed by atoms with Crippen molar-refractivity contribution in [1.82, 2.24) is 0 Å². The van der Waals surface area contributed by atoms with Gasteiger partial charge in [0.05, 0.1) is 5.37 Å². The standard InChI is InChI=1S/C6H9S/c1-2-3-4-5-6-7/h4-5H,2-3H2,1H3. The van der Waals surface area contributed by atoms with Gasteiger partial charge in [-0.25, -0.2) is 0 Å². The summed E-state index contributed by atoms with van der Waals surface area (Å²) in [5, 5.41) is 2.51. The maximum atomic E-state index is 4.43. The summed E-state index contributed by atoms with van der Waals surface area (Å²) in [6, 6.07) is 0. The molecule has 0 atom stereocenters. The molecular formula is C6H9S. The maximum Gasteiger partial charge on any atom is 0.0554 e. The fraction of sp³-hybridized carbons (Fsp3) is 0.500. The van der Waals surface area contributed by atoms with Crippen molar-refractivity contribution in [2.45, 2.75) is 19.8 Å². The van der Waals surface area contributed by atoms with Crippen LogP contribution in [0.1, 0.15) is 19.8 Å². The van der Waals surface area contributed by atoms with Crippen molar-refractivity contribution in [1.29, 1.82) is 0 Å². The molecule has 0 heterocycles. The van der Waals surface area contributed by atoms with Crippen LogP contribution in [0, 0.1) is 0 Å². The van der Waals surface area contributed by atoms with Gasteiger partial charge in [-0.3, -0.25) is 0 Å². The number of hydrogen-bond donors (Lipinski definition) is 0. The van der Waals surface area contributed by atoms with Gasteiger partial charge < -0.3 is 0 Å². The normalized spacial score (nSPS) is 9.86. The molecule has 0 aliphatic carbocycles. The molecule has 0 aliphatic rings. The summed E-state index contributed by atoms with van der Waals surface area (Å²) >= 11 is 4.43. The Kier molecular flexibility index (Phi) is 5.69. The van der Waals surface area contributed by atoms with Gasteiger partial charge in [0.15, 0.2) is 0 Å². The van der Waals surface area contributed by atoms with E-state index in [0.29, 0.717) is 0 Å². The predicted molar refractivity (Wildman–Crippen MR) is 36.6 cm³/mol. The Morgan fingerprint density at radius 3 is 2.86 bits per heavy atom. The van der Waals surface area contributed by atoms with E-state index >= 15 is 0 Å². The maximum absolute atomic E-state index is 4.43. The van der Waals surface area contributed by atoms with Crippen LogP contribution in [0.5, 0.6) is 0 Å². The zero-order valence-corrected chi connectivity index (χ0v) is 5.29. The summed E-state index contributed by atoms with van der Waals surface area (Å²) < 4.78 is 0. The summed E-state index contributed by atoms with van der Waals surface area (Å²) in [6.45, 7) is 2.13. The lowest BCUT2D eigenvalue weighted by Gasteiger charge is -1.76. The van der Waals surface area contributed by atoms with Crippen molar-refractivity contribution >= 4 is 17.6 Å². The molecule has 0 aromatic heterocycles. The Labute approximate surface area is 50.2 Å². The van der Waals surface area contributed by atoms with Crippen molar-refractivity contribution in [2.24, 2.45) is 0 Å². The number of rotatable bonds is 3. The fourth-order valence-corrected chi connectivity index (χ4v) is 0.394. The predicted octanol–water partition coefficient (Wildman–Crippen LogP) is 2.22. The van der Waals surface area contributed by atoms with Crippen LogP contribution in [-0.4, -0.2) is 5.37 Å². The van der Waals surface area contributed by atoms with E-state index in [0.717, 1.165) is 6.42 Å². The Morgan fingerprint density at radius 2 is 2.43 bits per heavy atom. The fourth-order valence-electron chi connectivity index (χ4n) is 0.298. The van der Waals surface area contributed by atoms with Crippen LogP contribution in [0.2, 0.25) is 0 Å². The van der Waals surface area contributed by atoms with Crippen LogP contribution in [0.4, 0.5) is 0 Å². The van der Waals surface area contributed by atoms with E-state index in [9.17, 15) is 0 Å². The molecule has 0 rings (SSSR count). The quantitative estimate of drug-likeness (QED) is 0.399. The highest BCUT2D eigenvalue weighted by atomic mass is 32.1. The van der Waals surface area contributed by atoms with Gasteiger partial charge in [-0.2, -0.15) is 0 Å². The molecule has 0 fully saturated rings. The SMILES string of the molecule is CCCC=C[C]=S. The minimum absolute atomic E-state index is 1.11. The van der Waals surface area contributed by atoms with E-state index in [1.54, 1.807) is 6.08 Å². The first kappa shape index (κ1) is 6.83. The molecule has 0 saturated carbocycles. The highest BCUT2D eigenvalue weighted by Gasteiger charge is 1.67. The second-order valence-electron chi connectivity index (χ2n) is 1.31. The van der Waals surface area contributed by atoms with E-state index < -0.39 is 0 Å². The van der Waals surface area contributed by atoms with E-state index in [4.69, 9.17) is 0 Å². The number of allylic oxidation sites excluding steroid dienone is 2. The van der Waals surface area contributed by atoms with E-state index in [2.05, 4.69) is 24.5 Å². The topological polar surface area (TPSA) is 0 Å². The van der Waals surface area contributed by atoms with E-state index in [-0.39, 0.29) is 0 Å². The van der Waals surface area contributed by atoms with Crippen LogP contribution in [0.3, 0.4) is 0 Å². The number of hydrogen-bond acceptors (Lipinski definition) is 1. The molecule has 0 unspecified atom stereocenters. The first-order valence-electron chi connectivity index (χ1n) is 2.44. The van der Waals surface area contributed by atoms with Crippen LogP contribution in [0.15, 0.2) is 12.2 Å². The molecule has 0 aliphatic heterocycles. The molecule has 39 valence electrons. The summed E-state index contributed by atoms with van der Waals surface area (Å²) in [6.07, 6.45) is 6.10. The Balaban J connectivity index is 2.92. The third-order valence-corrected chi connectivity index (χ3v) is 0.777. The van der Waals surface area contributed by atoms with E-state index in [1.807, 2.05) is 6.08 Å². The summed E-state index contributed by atoms with van der Waals surface area (Å²) in [5.74, 6) is 0. The van der Waals surface area contributed by atoms with Crippen molar-refractivity contribution in [3.8, 4) is 0 Å². The van der Waals surface area contributed by atoms with Gasteiger partial charge in [0, 0.05) is 0 Å². The third kappa shape index (κ3) is 5.83. The van der Waals surface area contributed by atoms with Gasteiger partial charge in [0.1, 0.15) is 0 Å². The molecule has 0 spiro atoms. The van der Waals surface area contributed by atoms with Crippen LogP contribution in [0.25, 0.3) is 0 Å². The average molecular weight is 113 g/mol. The molecular weight excluding hydrogens is 104 g/mol. The highest BCUT2D eigenvalue weighted by molar-refractivity contribution is 7.79. The van der Waals surface area contributed by atoms with Gasteiger partial charge >= 0.3 is 0 Å². The lowest BCUT2D eigenvalue weighted by atomic mass is 10.3. The number of unbranched alkanes of at least 4 members (excludes halogenated alkanes) is 1.